The van der Waals surface area contributed by atoms with Crippen molar-refractivity contribution in [2.45, 2.75) is 19.3 Å². The van der Waals surface area contributed by atoms with E-state index in [9.17, 15) is 0 Å². The summed E-state index contributed by atoms with van der Waals surface area (Å²) in [6.07, 6.45) is 0. The molecule has 0 saturated carbocycles. The first-order chi connectivity index (χ1) is 22.5. The molecule has 1 aliphatic carbocycles. The van der Waals surface area contributed by atoms with Gasteiger partial charge in [0.15, 0.2) is 0 Å². The highest BCUT2D eigenvalue weighted by Crippen LogP contribution is 2.53. The van der Waals surface area contributed by atoms with E-state index in [0.29, 0.717) is 0 Å². The standard InChI is InChI=1S/C45H30O/c1-45(2)39-22-21-35-33(31-18-17-27-9-3-4-10-28(27)23-31)13-7-15-36(35)43(39)37-20-19-32(25-40(37)45)34-14-8-16-41-44(34)38-24-29-11-5-6-12-30(29)26-42(38)46-41/h3-26H,1-2H3. The molecule has 1 heteroatoms. The highest BCUT2D eigenvalue weighted by Gasteiger charge is 2.37. The van der Waals surface area contributed by atoms with Crippen LogP contribution in [0.3, 0.4) is 0 Å². The van der Waals surface area contributed by atoms with E-state index in [1.165, 1.54) is 87.6 Å². The van der Waals surface area contributed by atoms with Gasteiger partial charge in [-0.25, -0.2) is 0 Å². The Morgan fingerprint density at radius 2 is 1.11 bits per heavy atom. The average molecular weight is 587 g/mol. The van der Waals surface area contributed by atoms with Gasteiger partial charge < -0.3 is 4.42 Å². The molecule has 0 spiro atoms. The van der Waals surface area contributed by atoms with Gasteiger partial charge in [-0.1, -0.05) is 129 Å². The lowest BCUT2D eigenvalue weighted by Crippen LogP contribution is -2.15. The van der Waals surface area contributed by atoms with Crippen LogP contribution in [0.1, 0.15) is 25.0 Å². The SMILES string of the molecule is CC1(C)c2cc(-c3cccc4oc5cc6ccccc6cc5c34)ccc2-c2c1ccc1c(-c3ccc4ccccc4c3)cccc21. The normalized spacial score (nSPS) is 13.6. The number of hydrogen-bond donors (Lipinski definition) is 0. The van der Waals surface area contributed by atoms with Crippen LogP contribution in [0, 0.1) is 0 Å². The topological polar surface area (TPSA) is 13.1 Å². The van der Waals surface area contributed by atoms with Gasteiger partial charge in [0.2, 0.25) is 0 Å². The molecule has 1 heterocycles. The fourth-order valence-corrected chi connectivity index (χ4v) is 8.12. The van der Waals surface area contributed by atoms with Crippen molar-refractivity contribution >= 4 is 54.3 Å². The Morgan fingerprint density at radius 3 is 1.96 bits per heavy atom. The Balaban J connectivity index is 1.17. The van der Waals surface area contributed by atoms with Crippen LogP contribution in [0.25, 0.3) is 87.6 Å². The smallest absolute Gasteiger partial charge is 0.136 e. The van der Waals surface area contributed by atoms with Crippen LogP contribution in [0.4, 0.5) is 0 Å². The Hall–Kier alpha value is -5.66. The van der Waals surface area contributed by atoms with Crippen molar-refractivity contribution in [2.75, 3.05) is 0 Å². The van der Waals surface area contributed by atoms with Crippen LogP contribution in [0.5, 0.6) is 0 Å². The molecular formula is C45H30O. The summed E-state index contributed by atoms with van der Waals surface area (Å²) in [5, 5.41) is 9.93. The number of benzene rings is 8. The van der Waals surface area contributed by atoms with Gasteiger partial charge in [-0.2, -0.15) is 0 Å². The number of hydrogen-bond acceptors (Lipinski definition) is 1. The van der Waals surface area contributed by atoms with E-state index in [-0.39, 0.29) is 5.41 Å². The molecule has 0 fully saturated rings. The largest absolute Gasteiger partial charge is 0.456 e. The van der Waals surface area contributed by atoms with Crippen molar-refractivity contribution in [3.05, 3.63) is 157 Å². The zero-order valence-corrected chi connectivity index (χ0v) is 25.8. The summed E-state index contributed by atoms with van der Waals surface area (Å²) in [5.74, 6) is 0. The number of rotatable bonds is 2. The van der Waals surface area contributed by atoms with Gasteiger partial charge in [0.25, 0.3) is 0 Å². The Labute approximate surface area is 267 Å². The van der Waals surface area contributed by atoms with Gasteiger partial charge in [-0.3, -0.25) is 0 Å². The third kappa shape index (κ3) is 3.51. The summed E-state index contributed by atoms with van der Waals surface area (Å²) < 4.78 is 6.43. The van der Waals surface area contributed by atoms with E-state index in [4.69, 9.17) is 4.42 Å². The Kier molecular flexibility index (Phi) is 5.12. The van der Waals surface area contributed by atoms with E-state index >= 15 is 0 Å². The van der Waals surface area contributed by atoms with Gasteiger partial charge in [0.05, 0.1) is 0 Å². The van der Waals surface area contributed by atoms with E-state index in [1.54, 1.807) is 0 Å². The predicted molar refractivity (Wildman–Crippen MR) is 195 cm³/mol. The molecule has 9 aromatic rings. The zero-order chi connectivity index (χ0) is 30.6. The van der Waals surface area contributed by atoms with Crippen molar-refractivity contribution in [2.24, 2.45) is 0 Å². The third-order valence-corrected chi connectivity index (χ3v) is 10.4. The molecule has 8 aromatic carbocycles. The molecule has 0 atom stereocenters. The molecule has 0 radical (unpaired) electrons. The summed E-state index contributed by atoms with van der Waals surface area (Å²) in [5.41, 5.74) is 12.2. The lowest BCUT2D eigenvalue weighted by Gasteiger charge is -2.22. The molecule has 1 aliphatic rings. The van der Waals surface area contributed by atoms with Crippen molar-refractivity contribution in [3.8, 4) is 33.4 Å². The van der Waals surface area contributed by atoms with Crippen LogP contribution in [0.2, 0.25) is 0 Å². The molecular weight excluding hydrogens is 556 g/mol. The highest BCUT2D eigenvalue weighted by atomic mass is 16.3. The second kappa shape index (κ2) is 9.19. The van der Waals surface area contributed by atoms with E-state index in [0.717, 1.165) is 11.2 Å². The van der Waals surface area contributed by atoms with Crippen LogP contribution < -0.4 is 0 Å². The van der Waals surface area contributed by atoms with Crippen molar-refractivity contribution in [1.29, 1.82) is 0 Å². The highest BCUT2D eigenvalue weighted by molar-refractivity contribution is 6.16. The molecule has 0 saturated heterocycles. The van der Waals surface area contributed by atoms with Crippen molar-refractivity contribution in [3.63, 3.8) is 0 Å². The molecule has 216 valence electrons. The molecule has 0 N–H and O–H groups in total. The molecule has 10 rings (SSSR count). The maximum absolute atomic E-state index is 6.43. The summed E-state index contributed by atoms with van der Waals surface area (Å²) in [7, 11) is 0. The average Bonchev–Trinajstić information content (AvgIpc) is 3.57. The van der Waals surface area contributed by atoms with Gasteiger partial charge in [0, 0.05) is 16.2 Å². The lowest BCUT2D eigenvalue weighted by molar-refractivity contribution is 0.661. The second-order valence-electron chi connectivity index (χ2n) is 13.3. The maximum Gasteiger partial charge on any atom is 0.136 e. The summed E-state index contributed by atoms with van der Waals surface area (Å²) in [6, 6.07) is 53.5. The van der Waals surface area contributed by atoms with Gasteiger partial charge in [-0.05, 0) is 107 Å². The molecule has 1 aromatic heterocycles. The zero-order valence-electron chi connectivity index (χ0n) is 25.8. The maximum atomic E-state index is 6.43. The van der Waals surface area contributed by atoms with Crippen LogP contribution in [-0.2, 0) is 5.41 Å². The van der Waals surface area contributed by atoms with E-state index in [1.807, 2.05) is 0 Å². The Morgan fingerprint density at radius 1 is 0.413 bits per heavy atom. The Bertz CT molecular complexity index is 2720. The van der Waals surface area contributed by atoms with Gasteiger partial charge >= 0.3 is 0 Å². The second-order valence-corrected chi connectivity index (χ2v) is 13.3. The number of fused-ring (bicyclic) bond motifs is 10. The van der Waals surface area contributed by atoms with Gasteiger partial charge in [-0.15, -0.1) is 0 Å². The molecule has 0 unspecified atom stereocenters. The first-order valence-corrected chi connectivity index (χ1v) is 16.1. The van der Waals surface area contributed by atoms with E-state index < -0.39 is 0 Å². The quantitative estimate of drug-likeness (QED) is 0.196. The summed E-state index contributed by atoms with van der Waals surface area (Å²) >= 11 is 0. The minimum absolute atomic E-state index is 0.129. The van der Waals surface area contributed by atoms with E-state index in [2.05, 4.69) is 159 Å². The third-order valence-electron chi connectivity index (χ3n) is 10.4. The lowest BCUT2D eigenvalue weighted by atomic mass is 9.81. The van der Waals surface area contributed by atoms with Crippen LogP contribution >= 0.6 is 0 Å². The van der Waals surface area contributed by atoms with Crippen LogP contribution in [-0.4, -0.2) is 0 Å². The molecule has 0 aliphatic heterocycles. The van der Waals surface area contributed by atoms with Gasteiger partial charge in [0.1, 0.15) is 11.2 Å². The minimum Gasteiger partial charge on any atom is -0.456 e. The first kappa shape index (κ1) is 25.6. The van der Waals surface area contributed by atoms with Crippen molar-refractivity contribution < 1.29 is 4.42 Å². The first-order valence-electron chi connectivity index (χ1n) is 16.1. The molecule has 0 bridgehead atoms. The number of furan rings is 1. The summed E-state index contributed by atoms with van der Waals surface area (Å²) in [4.78, 5) is 0. The fourth-order valence-electron chi connectivity index (χ4n) is 8.12. The van der Waals surface area contributed by atoms with Crippen molar-refractivity contribution in [1.82, 2.24) is 0 Å². The fraction of sp³-hybridized carbons (Fsp3) is 0.0667. The summed E-state index contributed by atoms with van der Waals surface area (Å²) in [6.45, 7) is 4.75. The van der Waals surface area contributed by atoms with Crippen LogP contribution in [0.15, 0.2) is 150 Å². The predicted octanol–water partition coefficient (Wildman–Crippen LogP) is 12.7. The monoisotopic (exact) mass is 586 g/mol. The molecule has 0 amide bonds. The minimum atomic E-state index is -0.129. The molecule has 1 nitrogen and oxygen atoms in total. The molecule has 46 heavy (non-hydrogen) atoms.